The summed E-state index contributed by atoms with van der Waals surface area (Å²) in [6.45, 7) is 8.36. The molecule has 5 nitrogen and oxygen atoms in total. The van der Waals surface area contributed by atoms with Crippen LogP contribution in [0.3, 0.4) is 0 Å². The first kappa shape index (κ1) is 14.7. The van der Waals surface area contributed by atoms with Crippen molar-refractivity contribution < 1.29 is 4.74 Å². The van der Waals surface area contributed by atoms with Crippen LogP contribution in [0, 0.1) is 0 Å². The second kappa shape index (κ2) is 7.18. The highest BCUT2D eigenvalue weighted by molar-refractivity contribution is 5.30. The van der Waals surface area contributed by atoms with Crippen LogP contribution in [0.25, 0.3) is 0 Å². The molecule has 0 radical (unpaired) electrons. The second-order valence-corrected chi connectivity index (χ2v) is 6.04. The van der Waals surface area contributed by atoms with Gasteiger partial charge in [0.15, 0.2) is 0 Å². The zero-order chi connectivity index (χ0) is 14.5. The van der Waals surface area contributed by atoms with Gasteiger partial charge < -0.3 is 14.5 Å². The first-order chi connectivity index (χ1) is 10.3. The highest BCUT2D eigenvalue weighted by Gasteiger charge is 2.24. The van der Waals surface area contributed by atoms with E-state index in [1.807, 2.05) is 12.4 Å². The van der Waals surface area contributed by atoms with E-state index in [9.17, 15) is 0 Å². The summed E-state index contributed by atoms with van der Waals surface area (Å²) in [7, 11) is 0. The van der Waals surface area contributed by atoms with Gasteiger partial charge in [-0.3, -0.25) is 0 Å². The molecule has 3 heterocycles. The van der Waals surface area contributed by atoms with Crippen molar-refractivity contribution in [1.82, 2.24) is 14.9 Å². The quantitative estimate of drug-likeness (QED) is 0.845. The third kappa shape index (κ3) is 3.92. The molecule has 1 aromatic rings. The maximum atomic E-state index is 6.02. The zero-order valence-electron chi connectivity index (χ0n) is 13.0. The maximum absolute atomic E-state index is 6.02. The summed E-state index contributed by atoms with van der Waals surface area (Å²) in [5.74, 6) is 0.851. The fourth-order valence-corrected chi connectivity index (χ4v) is 3.13. The SMILES string of the molecule is CCc1cnc(N2CCCO[C@@H](CN3CCCC3)C2)nc1. The van der Waals surface area contributed by atoms with Gasteiger partial charge in [-0.25, -0.2) is 9.97 Å². The molecule has 0 spiro atoms. The summed E-state index contributed by atoms with van der Waals surface area (Å²) < 4.78 is 6.02. The van der Waals surface area contributed by atoms with Crippen LogP contribution in [0.2, 0.25) is 0 Å². The van der Waals surface area contributed by atoms with Crippen molar-refractivity contribution in [2.75, 3.05) is 44.2 Å². The molecule has 0 saturated carbocycles. The zero-order valence-corrected chi connectivity index (χ0v) is 13.0. The molecule has 0 aromatic carbocycles. The lowest BCUT2D eigenvalue weighted by Crippen LogP contribution is -2.40. The maximum Gasteiger partial charge on any atom is 0.225 e. The minimum atomic E-state index is 0.278. The molecule has 3 rings (SSSR count). The number of nitrogens with zero attached hydrogens (tertiary/aromatic N) is 4. The summed E-state index contributed by atoms with van der Waals surface area (Å²) in [4.78, 5) is 13.9. The van der Waals surface area contributed by atoms with Crippen LogP contribution in [-0.2, 0) is 11.2 Å². The van der Waals surface area contributed by atoms with Crippen LogP contribution in [-0.4, -0.2) is 60.3 Å². The third-order valence-corrected chi connectivity index (χ3v) is 4.39. The Morgan fingerprint density at radius 2 is 1.90 bits per heavy atom. The molecule has 1 aromatic heterocycles. The lowest BCUT2D eigenvalue weighted by Gasteiger charge is -2.27. The van der Waals surface area contributed by atoms with Gasteiger partial charge in [0.25, 0.3) is 0 Å². The van der Waals surface area contributed by atoms with Gasteiger partial charge >= 0.3 is 0 Å². The molecule has 21 heavy (non-hydrogen) atoms. The van der Waals surface area contributed by atoms with E-state index in [0.717, 1.165) is 45.0 Å². The number of aromatic nitrogens is 2. The summed E-state index contributed by atoms with van der Waals surface area (Å²) >= 11 is 0. The average Bonchev–Trinajstić information content (AvgIpc) is 2.92. The molecule has 1 atom stereocenters. The number of rotatable bonds is 4. The highest BCUT2D eigenvalue weighted by Crippen LogP contribution is 2.16. The molecule has 2 aliphatic rings. The molecule has 5 heteroatoms. The molecule has 0 bridgehead atoms. The van der Waals surface area contributed by atoms with E-state index in [4.69, 9.17) is 4.74 Å². The molecule has 0 aliphatic carbocycles. The van der Waals surface area contributed by atoms with Crippen LogP contribution in [0.4, 0.5) is 5.95 Å². The molecule has 0 unspecified atom stereocenters. The Balaban J connectivity index is 1.63. The summed E-state index contributed by atoms with van der Waals surface area (Å²) in [5.41, 5.74) is 1.19. The predicted octanol–water partition coefficient (Wildman–Crippen LogP) is 1.73. The summed E-state index contributed by atoms with van der Waals surface area (Å²) in [5, 5.41) is 0. The molecule has 2 fully saturated rings. The van der Waals surface area contributed by atoms with Crippen LogP contribution < -0.4 is 4.90 Å². The van der Waals surface area contributed by atoms with E-state index in [1.54, 1.807) is 0 Å². The van der Waals surface area contributed by atoms with Crippen LogP contribution in [0.5, 0.6) is 0 Å². The van der Waals surface area contributed by atoms with Gasteiger partial charge in [0, 0.05) is 38.6 Å². The fourth-order valence-electron chi connectivity index (χ4n) is 3.13. The Kier molecular flexibility index (Phi) is 5.04. The van der Waals surface area contributed by atoms with E-state index in [0.29, 0.717) is 0 Å². The Morgan fingerprint density at radius 3 is 2.62 bits per heavy atom. The van der Waals surface area contributed by atoms with Crippen molar-refractivity contribution in [2.45, 2.75) is 38.7 Å². The van der Waals surface area contributed by atoms with Crippen molar-refractivity contribution in [1.29, 1.82) is 0 Å². The monoisotopic (exact) mass is 290 g/mol. The first-order valence-corrected chi connectivity index (χ1v) is 8.25. The normalized spacial score (nSPS) is 24.2. The van der Waals surface area contributed by atoms with Crippen molar-refractivity contribution in [2.24, 2.45) is 0 Å². The van der Waals surface area contributed by atoms with Crippen LogP contribution >= 0.6 is 0 Å². The minimum absolute atomic E-state index is 0.278. The van der Waals surface area contributed by atoms with E-state index in [1.165, 1.54) is 31.5 Å². The minimum Gasteiger partial charge on any atom is -0.375 e. The van der Waals surface area contributed by atoms with Crippen molar-refractivity contribution >= 4 is 5.95 Å². The number of likely N-dealkylation sites (tertiary alicyclic amines) is 1. The third-order valence-electron chi connectivity index (χ3n) is 4.39. The second-order valence-electron chi connectivity index (χ2n) is 6.04. The number of aryl methyl sites for hydroxylation is 1. The fraction of sp³-hybridized carbons (Fsp3) is 0.750. The van der Waals surface area contributed by atoms with Crippen molar-refractivity contribution in [3.05, 3.63) is 18.0 Å². The van der Waals surface area contributed by atoms with Crippen molar-refractivity contribution in [3.63, 3.8) is 0 Å². The van der Waals surface area contributed by atoms with Gasteiger partial charge in [-0.15, -0.1) is 0 Å². The molecule has 116 valence electrons. The molecular formula is C16H26N4O. The lowest BCUT2D eigenvalue weighted by molar-refractivity contribution is 0.0450. The highest BCUT2D eigenvalue weighted by atomic mass is 16.5. The molecule has 0 amide bonds. The van der Waals surface area contributed by atoms with E-state index >= 15 is 0 Å². The largest absolute Gasteiger partial charge is 0.375 e. The topological polar surface area (TPSA) is 41.5 Å². The number of hydrogen-bond donors (Lipinski definition) is 0. The summed E-state index contributed by atoms with van der Waals surface area (Å²) in [6, 6.07) is 0. The standard InChI is InChI=1S/C16H26N4O/c1-2-14-10-17-16(18-11-14)20-8-5-9-21-15(13-20)12-19-6-3-4-7-19/h10-11,15H,2-9,12-13H2,1H3/t15-/m0/s1. The van der Waals surface area contributed by atoms with E-state index < -0.39 is 0 Å². The molecule has 0 N–H and O–H groups in total. The smallest absolute Gasteiger partial charge is 0.225 e. The van der Waals surface area contributed by atoms with Crippen LogP contribution in [0.15, 0.2) is 12.4 Å². The Labute approximate surface area is 127 Å². The van der Waals surface area contributed by atoms with Gasteiger partial charge in [0.2, 0.25) is 5.95 Å². The molecule has 2 saturated heterocycles. The molecular weight excluding hydrogens is 264 g/mol. The Bertz CT molecular complexity index is 430. The summed E-state index contributed by atoms with van der Waals surface area (Å²) in [6.07, 6.45) is 8.87. The average molecular weight is 290 g/mol. The first-order valence-electron chi connectivity index (χ1n) is 8.25. The van der Waals surface area contributed by atoms with E-state index in [2.05, 4.69) is 26.7 Å². The van der Waals surface area contributed by atoms with Gasteiger partial charge in [0.1, 0.15) is 0 Å². The van der Waals surface area contributed by atoms with E-state index in [-0.39, 0.29) is 6.10 Å². The van der Waals surface area contributed by atoms with Gasteiger partial charge in [-0.2, -0.15) is 0 Å². The van der Waals surface area contributed by atoms with Crippen LogP contribution in [0.1, 0.15) is 31.7 Å². The Morgan fingerprint density at radius 1 is 1.14 bits per heavy atom. The van der Waals surface area contributed by atoms with Gasteiger partial charge in [-0.1, -0.05) is 6.92 Å². The number of ether oxygens (including phenoxy) is 1. The van der Waals surface area contributed by atoms with Gasteiger partial charge in [0.05, 0.1) is 6.10 Å². The predicted molar refractivity (Wildman–Crippen MR) is 83.7 cm³/mol. The molecule has 2 aliphatic heterocycles. The number of anilines is 1. The van der Waals surface area contributed by atoms with Gasteiger partial charge in [-0.05, 0) is 44.3 Å². The Hall–Kier alpha value is -1.20. The number of hydrogen-bond acceptors (Lipinski definition) is 5. The lowest BCUT2D eigenvalue weighted by atomic mass is 10.3. The van der Waals surface area contributed by atoms with Crippen molar-refractivity contribution in [3.8, 4) is 0 Å².